The van der Waals surface area contributed by atoms with Crippen molar-refractivity contribution in [1.82, 2.24) is 10.2 Å². The van der Waals surface area contributed by atoms with Crippen molar-refractivity contribution in [2.45, 2.75) is 50.4 Å². The minimum Gasteiger partial charge on any atom is -0.384 e. The monoisotopic (exact) mass is 332 g/mol. The number of likely N-dealkylation sites (tertiary alicyclic amines) is 1. The van der Waals surface area contributed by atoms with E-state index in [1.165, 1.54) is 0 Å². The van der Waals surface area contributed by atoms with Crippen LogP contribution in [-0.4, -0.2) is 52.8 Å². The zero-order chi connectivity index (χ0) is 17.2. The van der Waals surface area contributed by atoms with Gasteiger partial charge in [0.2, 0.25) is 5.91 Å². The summed E-state index contributed by atoms with van der Waals surface area (Å²) < 4.78 is 0. The largest absolute Gasteiger partial charge is 0.384 e. The van der Waals surface area contributed by atoms with E-state index in [2.05, 4.69) is 10.2 Å². The number of aliphatic hydroxyl groups excluding tert-OH is 1. The van der Waals surface area contributed by atoms with Crippen LogP contribution in [0.25, 0.3) is 0 Å². The molecule has 24 heavy (non-hydrogen) atoms. The highest BCUT2D eigenvalue weighted by Crippen LogP contribution is 2.27. The maximum absolute atomic E-state index is 12.0. The van der Waals surface area contributed by atoms with Crippen LogP contribution < -0.4 is 5.32 Å². The third-order valence-corrected chi connectivity index (χ3v) is 5.20. The first-order valence-corrected chi connectivity index (χ1v) is 8.94. The zero-order valence-electron chi connectivity index (χ0n) is 14.3. The molecule has 0 aromatic heterocycles. The van der Waals surface area contributed by atoms with Gasteiger partial charge in [0.15, 0.2) is 0 Å². The number of β-amino-alcohol motifs (C(OH)–C–C–N with tert-alkyl or cyclic N) is 1. The topological polar surface area (TPSA) is 72.8 Å². The van der Waals surface area contributed by atoms with E-state index in [0.717, 1.165) is 44.3 Å². The molecule has 2 atom stereocenters. The summed E-state index contributed by atoms with van der Waals surface area (Å²) in [7, 11) is 0. The van der Waals surface area contributed by atoms with Crippen molar-refractivity contribution in [3.8, 4) is 0 Å². The number of rotatable bonds is 6. The van der Waals surface area contributed by atoms with E-state index >= 15 is 0 Å². The van der Waals surface area contributed by atoms with E-state index in [-0.39, 0.29) is 17.9 Å². The standard InChI is InChI=1S/C19H28N2O3/c1-19(24,15-5-3-2-4-6-15)13-21-11-9-14(10-12-21)17(22)18(23)20-16-7-8-16/h2-6,14,16-17,22,24H,7-13H2,1H3,(H,20,23)/t17-,19+/m1/s1. The summed E-state index contributed by atoms with van der Waals surface area (Å²) in [5, 5.41) is 23.9. The molecule has 2 aliphatic rings. The third kappa shape index (κ3) is 4.35. The first kappa shape index (κ1) is 17.4. The minimum atomic E-state index is -0.901. The maximum atomic E-state index is 12.0. The van der Waals surface area contributed by atoms with Crippen molar-refractivity contribution in [2.75, 3.05) is 19.6 Å². The lowest BCUT2D eigenvalue weighted by atomic mass is 9.89. The molecule has 0 bridgehead atoms. The van der Waals surface area contributed by atoms with E-state index in [9.17, 15) is 15.0 Å². The highest BCUT2D eigenvalue weighted by atomic mass is 16.3. The Bertz CT molecular complexity index is 549. The van der Waals surface area contributed by atoms with Crippen molar-refractivity contribution in [3.05, 3.63) is 35.9 Å². The fourth-order valence-electron chi connectivity index (χ4n) is 3.48. The fraction of sp³-hybridized carbons (Fsp3) is 0.632. The first-order valence-electron chi connectivity index (χ1n) is 8.94. The van der Waals surface area contributed by atoms with E-state index in [0.29, 0.717) is 6.54 Å². The van der Waals surface area contributed by atoms with Gasteiger partial charge in [-0.05, 0) is 57.2 Å². The van der Waals surface area contributed by atoms with Crippen LogP contribution >= 0.6 is 0 Å². The van der Waals surface area contributed by atoms with Gasteiger partial charge in [0.25, 0.3) is 0 Å². The highest BCUT2D eigenvalue weighted by molar-refractivity contribution is 5.81. The zero-order valence-corrected chi connectivity index (χ0v) is 14.3. The Kier molecular flexibility index (Phi) is 5.23. The van der Waals surface area contributed by atoms with Crippen LogP contribution in [0.4, 0.5) is 0 Å². The van der Waals surface area contributed by atoms with Gasteiger partial charge in [-0.2, -0.15) is 0 Å². The average molecular weight is 332 g/mol. The van der Waals surface area contributed by atoms with Crippen LogP contribution in [0.5, 0.6) is 0 Å². The van der Waals surface area contributed by atoms with Crippen molar-refractivity contribution in [1.29, 1.82) is 0 Å². The SMILES string of the molecule is C[C@](O)(CN1CCC([C@@H](O)C(=O)NC2CC2)CC1)c1ccccc1. The smallest absolute Gasteiger partial charge is 0.249 e. The summed E-state index contributed by atoms with van der Waals surface area (Å²) in [5.74, 6) is -0.200. The summed E-state index contributed by atoms with van der Waals surface area (Å²) in [6.07, 6.45) is 2.73. The summed E-state index contributed by atoms with van der Waals surface area (Å²) in [6, 6.07) is 9.99. The molecule has 3 N–H and O–H groups in total. The molecular formula is C19H28N2O3. The first-order chi connectivity index (χ1) is 11.5. The number of carbonyl (C=O) groups excluding carboxylic acids is 1. The molecule has 1 heterocycles. The summed E-state index contributed by atoms with van der Waals surface area (Å²) in [5.41, 5.74) is 0.0201. The number of carbonyl (C=O) groups is 1. The molecule has 1 amide bonds. The number of hydrogen-bond donors (Lipinski definition) is 3. The van der Waals surface area contributed by atoms with Gasteiger partial charge in [-0.1, -0.05) is 30.3 Å². The van der Waals surface area contributed by atoms with Gasteiger partial charge in [-0.3, -0.25) is 4.79 Å². The number of piperidine rings is 1. The second-order valence-corrected chi connectivity index (χ2v) is 7.48. The normalized spacial score (nSPS) is 23.5. The molecular weight excluding hydrogens is 304 g/mol. The molecule has 0 unspecified atom stereocenters. The molecule has 1 saturated heterocycles. The Morgan fingerprint density at radius 1 is 1.25 bits per heavy atom. The molecule has 5 nitrogen and oxygen atoms in total. The van der Waals surface area contributed by atoms with Gasteiger partial charge in [-0.15, -0.1) is 0 Å². The molecule has 3 rings (SSSR count). The lowest BCUT2D eigenvalue weighted by Gasteiger charge is -2.37. The van der Waals surface area contributed by atoms with Crippen LogP contribution in [-0.2, 0) is 10.4 Å². The molecule has 0 spiro atoms. The Morgan fingerprint density at radius 3 is 2.46 bits per heavy atom. The van der Waals surface area contributed by atoms with Crippen molar-refractivity contribution in [3.63, 3.8) is 0 Å². The van der Waals surface area contributed by atoms with Gasteiger partial charge < -0.3 is 20.4 Å². The van der Waals surface area contributed by atoms with E-state index in [1.807, 2.05) is 37.3 Å². The molecule has 0 radical (unpaired) electrons. The van der Waals surface area contributed by atoms with Crippen LogP contribution in [0.15, 0.2) is 30.3 Å². The number of nitrogens with one attached hydrogen (secondary N) is 1. The number of nitrogens with zero attached hydrogens (tertiary/aromatic N) is 1. The minimum absolute atomic E-state index is 0.0154. The molecule has 1 aliphatic heterocycles. The number of hydrogen-bond acceptors (Lipinski definition) is 4. The molecule has 132 valence electrons. The van der Waals surface area contributed by atoms with Gasteiger partial charge in [0, 0.05) is 12.6 Å². The van der Waals surface area contributed by atoms with Gasteiger partial charge in [0.1, 0.15) is 6.10 Å². The predicted octanol–water partition coefficient (Wildman–Crippen LogP) is 1.25. The second kappa shape index (κ2) is 7.21. The Balaban J connectivity index is 1.48. The molecule has 1 saturated carbocycles. The van der Waals surface area contributed by atoms with Gasteiger partial charge in [0.05, 0.1) is 5.60 Å². The summed E-state index contributed by atoms with van der Waals surface area (Å²) in [6.45, 7) is 3.99. The van der Waals surface area contributed by atoms with E-state index < -0.39 is 11.7 Å². The van der Waals surface area contributed by atoms with Crippen LogP contribution in [0.1, 0.15) is 38.2 Å². The van der Waals surface area contributed by atoms with Crippen molar-refractivity contribution < 1.29 is 15.0 Å². The van der Waals surface area contributed by atoms with Crippen LogP contribution in [0.3, 0.4) is 0 Å². The molecule has 1 aromatic rings. The van der Waals surface area contributed by atoms with Gasteiger partial charge in [-0.25, -0.2) is 0 Å². The number of benzene rings is 1. The lowest BCUT2D eigenvalue weighted by Crippen LogP contribution is -2.47. The summed E-state index contributed by atoms with van der Waals surface area (Å²) in [4.78, 5) is 14.2. The highest BCUT2D eigenvalue weighted by Gasteiger charge is 2.34. The predicted molar refractivity (Wildman–Crippen MR) is 92.3 cm³/mol. The Morgan fingerprint density at radius 2 is 1.88 bits per heavy atom. The third-order valence-electron chi connectivity index (χ3n) is 5.20. The fourth-order valence-corrected chi connectivity index (χ4v) is 3.48. The van der Waals surface area contributed by atoms with Crippen LogP contribution in [0, 0.1) is 5.92 Å². The summed E-state index contributed by atoms with van der Waals surface area (Å²) >= 11 is 0. The molecule has 5 heteroatoms. The quantitative estimate of drug-likeness (QED) is 0.733. The van der Waals surface area contributed by atoms with Crippen LogP contribution in [0.2, 0.25) is 0 Å². The average Bonchev–Trinajstić information content (AvgIpc) is 3.39. The van der Waals surface area contributed by atoms with Crippen molar-refractivity contribution in [2.24, 2.45) is 5.92 Å². The Hall–Kier alpha value is -1.43. The molecule has 2 fully saturated rings. The molecule has 1 aromatic carbocycles. The lowest BCUT2D eigenvalue weighted by molar-refractivity contribution is -0.133. The number of amides is 1. The number of aliphatic hydroxyl groups is 2. The van der Waals surface area contributed by atoms with E-state index in [1.54, 1.807) is 0 Å². The maximum Gasteiger partial charge on any atom is 0.249 e. The molecule has 1 aliphatic carbocycles. The van der Waals surface area contributed by atoms with Crippen molar-refractivity contribution >= 4 is 5.91 Å². The van der Waals surface area contributed by atoms with E-state index in [4.69, 9.17) is 0 Å². The second-order valence-electron chi connectivity index (χ2n) is 7.48. The Labute approximate surface area is 143 Å². The van der Waals surface area contributed by atoms with Gasteiger partial charge >= 0.3 is 0 Å².